The van der Waals surface area contributed by atoms with Gasteiger partial charge in [0.05, 0.1) is 19.3 Å². The third kappa shape index (κ3) is 3.61. The predicted molar refractivity (Wildman–Crippen MR) is 48.2 cm³/mol. The number of aliphatic carboxylic acids is 1. The molecule has 2 unspecified atom stereocenters. The van der Waals surface area contributed by atoms with E-state index in [1.54, 1.807) is 0 Å². The van der Waals surface area contributed by atoms with Crippen molar-refractivity contribution in [2.24, 2.45) is 0 Å². The Hall–Kier alpha value is -0.650. The molecule has 0 radical (unpaired) electrons. The van der Waals surface area contributed by atoms with Gasteiger partial charge in [-0.1, -0.05) is 0 Å². The Balaban J connectivity index is 2.21. The maximum Gasteiger partial charge on any atom is 0.335 e. The van der Waals surface area contributed by atoms with Crippen LogP contribution >= 0.6 is 0 Å². The van der Waals surface area contributed by atoms with Gasteiger partial charge in [0.25, 0.3) is 0 Å². The molecule has 1 N–H and O–H groups in total. The topological polar surface area (TPSA) is 65.0 Å². The summed E-state index contributed by atoms with van der Waals surface area (Å²) in [5.74, 6) is -0.996. The van der Waals surface area contributed by atoms with Crippen molar-refractivity contribution in [2.75, 3.05) is 26.9 Å². The van der Waals surface area contributed by atoms with E-state index in [4.69, 9.17) is 19.3 Å². The standard InChI is InChI=1S/C9H16O5/c1-12-6-8(9(10)11)14-5-7-3-2-4-13-7/h7-8H,2-6H2,1H3,(H,10,11). The lowest BCUT2D eigenvalue weighted by atomic mass is 10.2. The minimum atomic E-state index is -0.996. The first-order valence-electron chi connectivity index (χ1n) is 4.69. The molecule has 5 nitrogen and oxygen atoms in total. The lowest BCUT2D eigenvalue weighted by molar-refractivity contribution is -0.156. The number of carboxylic acids is 1. The second kappa shape index (κ2) is 5.95. The Morgan fingerprint density at radius 3 is 3.00 bits per heavy atom. The van der Waals surface area contributed by atoms with Crippen molar-refractivity contribution in [3.8, 4) is 0 Å². The third-order valence-corrected chi connectivity index (χ3v) is 2.10. The van der Waals surface area contributed by atoms with Crippen LogP contribution in [0.15, 0.2) is 0 Å². The van der Waals surface area contributed by atoms with Crippen LogP contribution in [0.5, 0.6) is 0 Å². The van der Waals surface area contributed by atoms with Gasteiger partial charge < -0.3 is 19.3 Å². The van der Waals surface area contributed by atoms with Crippen molar-refractivity contribution in [3.05, 3.63) is 0 Å². The number of carboxylic acid groups (broad SMARTS) is 1. The zero-order chi connectivity index (χ0) is 10.4. The van der Waals surface area contributed by atoms with Gasteiger partial charge in [-0.05, 0) is 12.8 Å². The van der Waals surface area contributed by atoms with E-state index < -0.39 is 12.1 Å². The fraction of sp³-hybridized carbons (Fsp3) is 0.889. The summed E-state index contributed by atoms with van der Waals surface area (Å²) in [4.78, 5) is 10.6. The van der Waals surface area contributed by atoms with Crippen LogP contribution in [0.1, 0.15) is 12.8 Å². The van der Waals surface area contributed by atoms with Crippen LogP contribution in [0.4, 0.5) is 0 Å². The Bertz CT molecular complexity index is 176. The quantitative estimate of drug-likeness (QED) is 0.673. The molecule has 0 spiro atoms. The van der Waals surface area contributed by atoms with Gasteiger partial charge in [-0.15, -0.1) is 0 Å². The number of hydrogen-bond acceptors (Lipinski definition) is 4. The summed E-state index contributed by atoms with van der Waals surface area (Å²) < 4.78 is 15.2. The molecule has 1 aliphatic heterocycles. The maximum absolute atomic E-state index is 10.6. The molecule has 0 aliphatic carbocycles. The molecule has 0 amide bonds. The monoisotopic (exact) mass is 204 g/mol. The summed E-state index contributed by atoms with van der Waals surface area (Å²) in [5, 5.41) is 8.73. The normalized spacial score (nSPS) is 23.6. The predicted octanol–water partition coefficient (Wildman–Crippen LogP) is 0.282. The lowest BCUT2D eigenvalue weighted by Gasteiger charge is -2.15. The van der Waals surface area contributed by atoms with Gasteiger partial charge in [0.2, 0.25) is 0 Å². The van der Waals surface area contributed by atoms with Crippen molar-refractivity contribution in [2.45, 2.75) is 25.0 Å². The van der Waals surface area contributed by atoms with E-state index in [0.29, 0.717) is 6.61 Å². The molecule has 0 aromatic rings. The molecule has 1 heterocycles. The van der Waals surface area contributed by atoms with E-state index in [1.165, 1.54) is 7.11 Å². The second-order valence-corrected chi connectivity index (χ2v) is 3.25. The Labute approximate surface area is 82.9 Å². The summed E-state index contributed by atoms with van der Waals surface area (Å²) in [7, 11) is 1.45. The van der Waals surface area contributed by atoms with Crippen molar-refractivity contribution < 1.29 is 24.1 Å². The molecular weight excluding hydrogens is 188 g/mol. The zero-order valence-corrected chi connectivity index (χ0v) is 8.27. The number of ether oxygens (including phenoxy) is 3. The highest BCUT2D eigenvalue weighted by Gasteiger charge is 2.22. The first-order chi connectivity index (χ1) is 6.74. The Morgan fingerprint density at radius 1 is 1.71 bits per heavy atom. The Morgan fingerprint density at radius 2 is 2.50 bits per heavy atom. The first kappa shape index (κ1) is 11.4. The molecule has 14 heavy (non-hydrogen) atoms. The van der Waals surface area contributed by atoms with E-state index in [-0.39, 0.29) is 12.7 Å². The van der Waals surface area contributed by atoms with Gasteiger partial charge in [-0.25, -0.2) is 4.79 Å². The first-order valence-corrected chi connectivity index (χ1v) is 4.69. The molecule has 0 aromatic carbocycles. The summed E-state index contributed by atoms with van der Waals surface area (Å²) in [6.45, 7) is 1.15. The van der Waals surface area contributed by atoms with E-state index in [9.17, 15) is 4.79 Å². The lowest BCUT2D eigenvalue weighted by Crippen LogP contribution is -2.31. The maximum atomic E-state index is 10.6. The third-order valence-electron chi connectivity index (χ3n) is 2.10. The fourth-order valence-electron chi connectivity index (χ4n) is 1.34. The number of carbonyl (C=O) groups is 1. The molecule has 1 fully saturated rings. The van der Waals surface area contributed by atoms with E-state index in [0.717, 1.165) is 19.4 Å². The van der Waals surface area contributed by atoms with Crippen LogP contribution in [-0.4, -0.2) is 50.2 Å². The van der Waals surface area contributed by atoms with Gasteiger partial charge in [0.1, 0.15) is 0 Å². The van der Waals surface area contributed by atoms with Crippen LogP contribution in [0.2, 0.25) is 0 Å². The average molecular weight is 204 g/mol. The van der Waals surface area contributed by atoms with Gasteiger partial charge in [-0.2, -0.15) is 0 Å². The Kier molecular flexibility index (Phi) is 4.86. The highest BCUT2D eigenvalue weighted by Crippen LogP contribution is 2.12. The van der Waals surface area contributed by atoms with E-state index in [1.807, 2.05) is 0 Å². The highest BCUT2D eigenvalue weighted by molar-refractivity contribution is 5.72. The van der Waals surface area contributed by atoms with Crippen molar-refractivity contribution >= 4 is 5.97 Å². The molecule has 0 saturated carbocycles. The molecule has 1 aliphatic rings. The molecule has 2 atom stereocenters. The fourth-order valence-corrected chi connectivity index (χ4v) is 1.34. The summed E-state index contributed by atoms with van der Waals surface area (Å²) in [5.41, 5.74) is 0. The van der Waals surface area contributed by atoms with Crippen molar-refractivity contribution in [1.29, 1.82) is 0 Å². The largest absolute Gasteiger partial charge is 0.479 e. The molecule has 1 saturated heterocycles. The second-order valence-electron chi connectivity index (χ2n) is 3.25. The van der Waals surface area contributed by atoms with E-state index in [2.05, 4.69) is 0 Å². The molecular formula is C9H16O5. The SMILES string of the molecule is COCC(OCC1CCCO1)C(=O)O. The van der Waals surface area contributed by atoms with Crippen LogP contribution < -0.4 is 0 Å². The number of hydrogen-bond donors (Lipinski definition) is 1. The van der Waals surface area contributed by atoms with E-state index >= 15 is 0 Å². The van der Waals surface area contributed by atoms with Crippen LogP contribution in [0.25, 0.3) is 0 Å². The van der Waals surface area contributed by atoms with Crippen LogP contribution in [0.3, 0.4) is 0 Å². The zero-order valence-electron chi connectivity index (χ0n) is 8.27. The molecule has 0 aromatic heterocycles. The summed E-state index contributed by atoms with van der Waals surface area (Å²) in [6.07, 6.45) is 1.13. The van der Waals surface area contributed by atoms with Crippen molar-refractivity contribution in [1.82, 2.24) is 0 Å². The summed E-state index contributed by atoms with van der Waals surface area (Å²) in [6, 6.07) is 0. The smallest absolute Gasteiger partial charge is 0.335 e. The molecule has 82 valence electrons. The minimum Gasteiger partial charge on any atom is -0.479 e. The summed E-state index contributed by atoms with van der Waals surface area (Å²) >= 11 is 0. The van der Waals surface area contributed by atoms with Gasteiger partial charge in [0.15, 0.2) is 6.10 Å². The van der Waals surface area contributed by atoms with Gasteiger partial charge >= 0.3 is 5.97 Å². The van der Waals surface area contributed by atoms with Gasteiger partial charge in [-0.3, -0.25) is 0 Å². The minimum absolute atomic E-state index is 0.0497. The number of rotatable bonds is 6. The highest BCUT2D eigenvalue weighted by atomic mass is 16.6. The molecule has 0 bridgehead atoms. The van der Waals surface area contributed by atoms with Crippen molar-refractivity contribution in [3.63, 3.8) is 0 Å². The van der Waals surface area contributed by atoms with Crippen LogP contribution in [0, 0.1) is 0 Å². The van der Waals surface area contributed by atoms with Gasteiger partial charge in [0, 0.05) is 13.7 Å². The average Bonchev–Trinajstić information content (AvgIpc) is 2.64. The number of methoxy groups -OCH3 is 1. The molecule has 5 heteroatoms. The van der Waals surface area contributed by atoms with Crippen LogP contribution in [-0.2, 0) is 19.0 Å². The molecule has 1 rings (SSSR count).